The third-order valence-electron chi connectivity index (χ3n) is 5.74. The number of benzene rings is 2. The molecule has 3 heterocycles. The van der Waals surface area contributed by atoms with Crippen LogP contribution in [0.25, 0.3) is 5.57 Å². The molecular weight excluding hydrogens is 380 g/mol. The SMILES string of the molecule is CC1(C)OC[C@H]([C@@H]2OC(=C(c3ccccc3)c3ccccc3)[C@@H]3OC(C)(C)O[C@H]23)O1. The second kappa shape index (κ2) is 7.20. The highest BCUT2D eigenvalue weighted by Crippen LogP contribution is 2.47. The van der Waals surface area contributed by atoms with Gasteiger partial charge in [0.1, 0.15) is 24.1 Å². The molecule has 3 fully saturated rings. The topological polar surface area (TPSA) is 46.2 Å². The summed E-state index contributed by atoms with van der Waals surface area (Å²) in [6, 6.07) is 20.6. The summed E-state index contributed by atoms with van der Waals surface area (Å²) in [5, 5.41) is 0. The molecule has 0 radical (unpaired) electrons. The molecule has 3 aliphatic heterocycles. The summed E-state index contributed by atoms with van der Waals surface area (Å²) in [4.78, 5) is 0. The lowest BCUT2D eigenvalue weighted by molar-refractivity contribution is -0.187. The molecule has 0 bridgehead atoms. The molecule has 2 aromatic carbocycles. The number of ether oxygens (including phenoxy) is 5. The minimum atomic E-state index is -0.698. The van der Waals surface area contributed by atoms with Crippen molar-refractivity contribution in [3.8, 4) is 0 Å². The Morgan fingerprint density at radius 1 is 0.733 bits per heavy atom. The van der Waals surface area contributed by atoms with Gasteiger partial charge < -0.3 is 23.7 Å². The molecule has 0 unspecified atom stereocenters. The number of hydrogen-bond acceptors (Lipinski definition) is 5. The van der Waals surface area contributed by atoms with E-state index in [0.717, 1.165) is 22.5 Å². The molecule has 0 N–H and O–H groups in total. The summed E-state index contributed by atoms with van der Waals surface area (Å²) in [5.41, 5.74) is 3.18. The zero-order valence-corrected chi connectivity index (χ0v) is 17.8. The summed E-state index contributed by atoms with van der Waals surface area (Å²) in [6.07, 6.45) is -1.11. The van der Waals surface area contributed by atoms with Crippen LogP contribution in [-0.2, 0) is 23.7 Å². The first-order valence-corrected chi connectivity index (χ1v) is 10.5. The lowest BCUT2D eigenvalue weighted by Crippen LogP contribution is -2.40. The van der Waals surface area contributed by atoms with Gasteiger partial charge in [-0.2, -0.15) is 0 Å². The molecule has 0 spiro atoms. The fourth-order valence-corrected chi connectivity index (χ4v) is 4.54. The van der Waals surface area contributed by atoms with Crippen molar-refractivity contribution >= 4 is 5.57 Å². The van der Waals surface area contributed by atoms with Crippen LogP contribution in [0.5, 0.6) is 0 Å². The van der Waals surface area contributed by atoms with Crippen molar-refractivity contribution in [3.63, 3.8) is 0 Å². The van der Waals surface area contributed by atoms with Crippen molar-refractivity contribution in [2.75, 3.05) is 6.61 Å². The Kier molecular flexibility index (Phi) is 4.75. The predicted octanol–water partition coefficient (Wildman–Crippen LogP) is 4.52. The average molecular weight is 408 g/mol. The first kappa shape index (κ1) is 19.8. The smallest absolute Gasteiger partial charge is 0.164 e. The Balaban J connectivity index is 1.62. The van der Waals surface area contributed by atoms with E-state index in [-0.39, 0.29) is 24.4 Å². The van der Waals surface area contributed by atoms with E-state index < -0.39 is 11.6 Å². The van der Waals surface area contributed by atoms with Crippen molar-refractivity contribution in [1.29, 1.82) is 0 Å². The molecule has 5 rings (SSSR count). The van der Waals surface area contributed by atoms with Crippen molar-refractivity contribution in [2.45, 2.75) is 63.7 Å². The fraction of sp³-hybridized carbons (Fsp3) is 0.440. The van der Waals surface area contributed by atoms with Crippen LogP contribution in [0.1, 0.15) is 38.8 Å². The zero-order valence-electron chi connectivity index (χ0n) is 17.8. The number of hydrogen-bond donors (Lipinski definition) is 0. The van der Waals surface area contributed by atoms with Crippen molar-refractivity contribution in [3.05, 3.63) is 77.5 Å². The normalized spacial score (nSPS) is 31.4. The molecule has 4 atom stereocenters. The monoisotopic (exact) mass is 408 g/mol. The molecule has 0 aliphatic carbocycles. The minimum Gasteiger partial charge on any atom is -0.486 e. The molecule has 158 valence electrons. The van der Waals surface area contributed by atoms with E-state index >= 15 is 0 Å². The van der Waals surface area contributed by atoms with Crippen molar-refractivity contribution in [2.24, 2.45) is 0 Å². The zero-order chi connectivity index (χ0) is 20.9. The summed E-state index contributed by atoms with van der Waals surface area (Å²) in [5.74, 6) is -0.538. The highest BCUT2D eigenvalue weighted by Gasteiger charge is 2.58. The highest BCUT2D eigenvalue weighted by molar-refractivity contribution is 5.82. The quantitative estimate of drug-likeness (QED) is 0.747. The van der Waals surface area contributed by atoms with E-state index in [2.05, 4.69) is 24.3 Å². The van der Waals surface area contributed by atoms with Crippen LogP contribution in [-0.4, -0.2) is 42.6 Å². The third-order valence-corrected chi connectivity index (χ3v) is 5.74. The highest BCUT2D eigenvalue weighted by atomic mass is 16.8. The Morgan fingerprint density at radius 2 is 1.33 bits per heavy atom. The van der Waals surface area contributed by atoms with Crippen molar-refractivity contribution < 1.29 is 23.7 Å². The molecule has 0 aromatic heterocycles. The number of fused-ring (bicyclic) bond motifs is 1. The van der Waals surface area contributed by atoms with Gasteiger partial charge in [0, 0.05) is 5.57 Å². The largest absolute Gasteiger partial charge is 0.486 e. The van der Waals surface area contributed by atoms with E-state index in [9.17, 15) is 0 Å². The second-order valence-corrected chi connectivity index (χ2v) is 8.94. The first-order chi connectivity index (χ1) is 14.3. The average Bonchev–Trinajstić information content (AvgIpc) is 3.34. The predicted molar refractivity (Wildman–Crippen MR) is 113 cm³/mol. The number of rotatable bonds is 3. The van der Waals surface area contributed by atoms with Gasteiger partial charge in [0.25, 0.3) is 0 Å². The Bertz CT molecular complexity index is 893. The fourth-order valence-electron chi connectivity index (χ4n) is 4.54. The summed E-state index contributed by atoms with van der Waals surface area (Å²) < 4.78 is 31.2. The molecule has 30 heavy (non-hydrogen) atoms. The van der Waals surface area contributed by atoms with Crippen LogP contribution in [0.3, 0.4) is 0 Å². The van der Waals surface area contributed by atoms with Gasteiger partial charge in [0.05, 0.1) is 6.61 Å². The van der Waals surface area contributed by atoms with E-state index in [1.807, 2.05) is 64.1 Å². The Morgan fingerprint density at radius 3 is 1.87 bits per heavy atom. The van der Waals surface area contributed by atoms with Crippen LogP contribution in [0.4, 0.5) is 0 Å². The van der Waals surface area contributed by atoms with Crippen LogP contribution in [0.2, 0.25) is 0 Å². The molecule has 5 nitrogen and oxygen atoms in total. The van der Waals surface area contributed by atoms with E-state index in [1.165, 1.54) is 0 Å². The second-order valence-electron chi connectivity index (χ2n) is 8.94. The van der Waals surface area contributed by atoms with Gasteiger partial charge in [0.15, 0.2) is 17.7 Å². The van der Waals surface area contributed by atoms with Crippen LogP contribution in [0.15, 0.2) is 66.4 Å². The third kappa shape index (κ3) is 3.56. The Hall–Kier alpha value is -2.18. The van der Waals surface area contributed by atoms with E-state index in [0.29, 0.717) is 6.61 Å². The van der Waals surface area contributed by atoms with Crippen LogP contribution in [0, 0.1) is 0 Å². The molecule has 3 aliphatic rings. The molecule has 2 aromatic rings. The molecule has 5 heteroatoms. The summed E-state index contributed by atoms with van der Waals surface area (Å²) >= 11 is 0. The lowest BCUT2D eigenvalue weighted by Gasteiger charge is -2.26. The maximum atomic E-state index is 6.59. The van der Waals surface area contributed by atoms with Crippen LogP contribution >= 0.6 is 0 Å². The van der Waals surface area contributed by atoms with Crippen molar-refractivity contribution in [1.82, 2.24) is 0 Å². The molecule has 0 amide bonds. The summed E-state index contributed by atoms with van der Waals surface area (Å²) in [7, 11) is 0. The maximum Gasteiger partial charge on any atom is 0.164 e. The van der Waals surface area contributed by atoms with Gasteiger partial charge in [-0.15, -0.1) is 0 Å². The van der Waals surface area contributed by atoms with E-state index in [4.69, 9.17) is 23.7 Å². The molecule has 3 saturated heterocycles. The molecular formula is C25H28O5. The van der Waals surface area contributed by atoms with Gasteiger partial charge in [-0.05, 0) is 38.8 Å². The minimum absolute atomic E-state index is 0.227. The van der Waals surface area contributed by atoms with Gasteiger partial charge >= 0.3 is 0 Å². The maximum absolute atomic E-state index is 6.59. The van der Waals surface area contributed by atoms with Gasteiger partial charge in [-0.1, -0.05) is 60.7 Å². The van der Waals surface area contributed by atoms with Crippen LogP contribution < -0.4 is 0 Å². The van der Waals surface area contributed by atoms with E-state index in [1.54, 1.807) is 0 Å². The first-order valence-electron chi connectivity index (χ1n) is 10.5. The standard InChI is InChI=1S/C25H28O5/c1-24(2)26-15-18(28-24)20-22-23(30-25(3,4)29-22)21(27-20)19(16-11-7-5-8-12-16)17-13-9-6-10-14-17/h5-14,18,20,22-23H,15H2,1-4H3/t18-,20+,22-,23+/m1/s1. The lowest BCUT2D eigenvalue weighted by atomic mass is 9.94. The Labute approximate surface area is 177 Å². The van der Waals surface area contributed by atoms with Gasteiger partial charge in [-0.3, -0.25) is 0 Å². The van der Waals surface area contributed by atoms with Gasteiger partial charge in [-0.25, -0.2) is 0 Å². The summed E-state index contributed by atoms with van der Waals surface area (Å²) in [6.45, 7) is 8.20. The molecule has 0 saturated carbocycles. The van der Waals surface area contributed by atoms with Gasteiger partial charge in [0.2, 0.25) is 0 Å².